The number of carbonyl (C=O) groups excluding carboxylic acids is 1. The molecule has 3 rings (SSSR count). The zero-order valence-corrected chi connectivity index (χ0v) is 19.5. The second-order valence-electron chi connectivity index (χ2n) is 6.97. The summed E-state index contributed by atoms with van der Waals surface area (Å²) in [6.45, 7) is 5.30. The molecule has 1 amide bonds. The van der Waals surface area contributed by atoms with E-state index < -0.39 is 10.0 Å². The zero-order valence-electron chi connectivity index (χ0n) is 18.7. The highest BCUT2D eigenvalue weighted by atomic mass is 32.2. The molecule has 0 aliphatic rings. The minimum atomic E-state index is -4.00. The lowest BCUT2D eigenvalue weighted by atomic mass is 10.2. The normalized spacial score (nSPS) is 11.4. The molecule has 3 aromatic rings. The summed E-state index contributed by atoms with van der Waals surface area (Å²) < 4.78 is 45.0. The number of anilines is 2. The summed E-state index contributed by atoms with van der Waals surface area (Å²) in [6, 6.07) is 11.5. The number of carbonyl (C=O) groups is 1. The average molecular weight is 472 g/mol. The molecule has 174 valence electrons. The van der Waals surface area contributed by atoms with Crippen LogP contribution in [0.4, 0.5) is 11.4 Å². The highest BCUT2D eigenvalue weighted by molar-refractivity contribution is 7.92. The first-order chi connectivity index (χ1) is 15.7. The van der Waals surface area contributed by atoms with Gasteiger partial charge >= 0.3 is 0 Å². The molecule has 9 nitrogen and oxygen atoms in total. The number of rotatable bonds is 9. The standard InChI is InChI=1S/C23H25N3O6S/c1-5-31-19-9-7-6-8-18(19)26-33(28,29)22-14-17(10-12-20(22)30-4)11-13-21-23(24-16(3)27)15(2)25-32-21/h6-14,26H,5H2,1-4H3,(H,24,27). The number of sulfonamides is 1. The van der Waals surface area contributed by atoms with Gasteiger partial charge in [-0.3, -0.25) is 9.52 Å². The Hall–Kier alpha value is -3.79. The quantitative estimate of drug-likeness (QED) is 0.477. The molecular weight excluding hydrogens is 446 g/mol. The fraction of sp³-hybridized carbons (Fsp3) is 0.217. The first-order valence-electron chi connectivity index (χ1n) is 10.1. The van der Waals surface area contributed by atoms with Crippen molar-refractivity contribution in [3.05, 3.63) is 59.5 Å². The molecule has 0 spiro atoms. The Kier molecular flexibility index (Phi) is 7.39. The molecule has 0 saturated heterocycles. The van der Waals surface area contributed by atoms with E-state index in [0.29, 0.717) is 40.7 Å². The lowest BCUT2D eigenvalue weighted by molar-refractivity contribution is -0.114. The minimum absolute atomic E-state index is 0.0470. The van der Waals surface area contributed by atoms with E-state index in [1.54, 1.807) is 55.5 Å². The number of para-hydroxylation sites is 2. The molecule has 10 heteroatoms. The molecule has 1 heterocycles. The summed E-state index contributed by atoms with van der Waals surface area (Å²) in [5.41, 5.74) is 1.87. The number of amides is 1. The van der Waals surface area contributed by atoms with Gasteiger partial charge in [0.15, 0.2) is 5.76 Å². The summed E-state index contributed by atoms with van der Waals surface area (Å²) in [7, 11) is -2.61. The van der Waals surface area contributed by atoms with Crippen LogP contribution < -0.4 is 19.5 Å². The van der Waals surface area contributed by atoms with Gasteiger partial charge < -0.3 is 19.3 Å². The third-order valence-electron chi connectivity index (χ3n) is 4.53. The monoisotopic (exact) mass is 471 g/mol. The van der Waals surface area contributed by atoms with E-state index in [9.17, 15) is 13.2 Å². The van der Waals surface area contributed by atoms with Gasteiger partial charge in [0, 0.05) is 6.92 Å². The number of ether oxygens (including phenoxy) is 2. The third-order valence-corrected chi connectivity index (χ3v) is 5.91. The molecule has 0 fully saturated rings. The average Bonchev–Trinajstić information content (AvgIpc) is 3.12. The summed E-state index contributed by atoms with van der Waals surface area (Å²) >= 11 is 0. The highest BCUT2D eigenvalue weighted by Crippen LogP contribution is 2.31. The van der Waals surface area contributed by atoms with E-state index >= 15 is 0 Å². The van der Waals surface area contributed by atoms with Crippen molar-refractivity contribution in [2.24, 2.45) is 0 Å². The summed E-state index contributed by atoms with van der Waals surface area (Å²) in [4.78, 5) is 11.4. The summed E-state index contributed by atoms with van der Waals surface area (Å²) in [5.74, 6) is 0.687. The van der Waals surface area contributed by atoms with Crippen molar-refractivity contribution >= 4 is 39.5 Å². The van der Waals surface area contributed by atoms with Gasteiger partial charge in [-0.25, -0.2) is 8.42 Å². The van der Waals surface area contributed by atoms with E-state index in [1.807, 2.05) is 6.92 Å². The first-order valence-corrected chi connectivity index (χ1v) is 11.6. The molecular formula is C23H25N3O6S. The predicted molar refractivity (Wildman–Crippen MR) is 126 cm³/mol. The topological polar surface area (TPSA) is 120 Å². The fourth-order valence-electron chi connectivity index (χ4n) is 3.04. The van der Waals surface area contributed by atoms with Gasteiger partial charge in [-0.2, -0.15) is 0 Å². The number of hydrogen-bond acceptors (Lipinski definition) is 7. The molecule has 0 aliphatic heterocycles. The van der Waals surface area contributed by atoms with Gasteiger partial charge in [-0.1, -0.05) is 29.4 Å². The second kappa shape index (κ2) is 10.2. The summed E-state index contributed by atoms with van der Waals surface area (Å²) in [5, 5.41) is 6.53. The molecule has 0 atom stereocenters. The molecule has 33 heavy (non-hydrogen) atoms. The maximum Gasteiger partial charge on any atom is 0.265 e. The fourth-order valence-corrected chi connectivity index (χ4v) is 4.32. The number of aromatic nitrogens is 1. The van der Waals surface area contributed by atoms with Crippen LogP contribution in [0.3, 0.4) is 0 Å². The van der Waals surface area contributed by atoms with E-state index in [1.165, 1.54) is 20.1 Å². The van der Waals surface area contributed by atoms with E-state index in [2.05, 4.69) is 15.2 Å². The van der Waals surface area contributed by atoms with Crippen LogP contribution in [-0.2, 0) is 14.8 Å². The van der Waals surface area contributed by atoms with Crippen molar-refractivity contribution in [2.45, 2.75) is 25.7 Å². The van der Waals surface area contributed by atoms with Crippen molar-refractivity contribution in [2.75, 3.05) is 23.8 Å². The van der Waals surface area contributed by atoms with Gasteiger partial charge in [-0.15, -0.1) is 0 Å². The lowest BCUT2D eigenvalue weighted by Crippen LogP contribution is -2.15. The van der Waals surface area contributed by atoms with Crippen molar-refractivity contribution in [3.63, 3.8) is 0 Å². The van der Waals surface area contributed by atoms with Crippen LogP contribution in [0.15, 0.2) is 51.9 Å². The third kappa shape index (κ3) is 5.72. The smallest absolute Gasteiger partial charge is 0.265 e. The van der Waals surface area contributed by atoms with Gasteiger partial charge in [0.2, 0.25) is 5.91 Å². The van der Waals surface area contributed by atoms with Crippen LogP contribution >= 0.6 is 0 Å². The molecule has 0 bridgehead atoms. The summed E-state index contributed by atoms with van der Waals surface area (Å²) in [6.07, 6.45) is 3.25. The Morgan fingerprint density at radius 3 is 2.61 bits per heavy atom. The maximum absolute atomic E-state index is 13.2. The Morgan fingerprint density at radius 1 is 1.15 bits per heavy atom. The van der Waals surface area contributed by atoms with Crippen LogP contribution in [0.1, 0.15) is 30.9 Å². The van der Waals surface area contributed by atoms with Crippen LogP contribution in [0.5, 0.6) is 11.5 Å². The first kappa shape index (κ1) is 23.9. The van der Waals surface area contributed by atoms with E-state index in [0.717, 1.165) is 0 Å². The van der Waals surface area contributed by atoms with Gasteiger partial charge in [0.1, 0.15) is 27.8 Å². The molecule has 0 radical (unpaired) electrons. The molecule has 1 aromatic heterocycles. The van der Waals surface area contributed by atoms with Crippen LogP contribution in [-0.4, -0.2) is 33.2 Å². The van der Waals surface area contributed by atoms with Crippen molar-refractivity contribution in [1.29, 1.82) is 0 Å². The van der Waals surface area contributed by atoms with Crippen molar-refractivity contribution in [1.82, 2.24) is 5.16 Å². The number of aryl methyl sites for hydroxylation is 1. The van der Waals surface area contributed by atoms with Gasteiger partial charge in [0.05, 0.1) is 19.4 Å². The molecule has 0 saturated carbocycles. The van der Waals surface area contributed by atoms with Crippen molar-refractivity contribution in [3.8, 4) is 11.5 Å². The van der Waals surface area contributed by atoms with Crippen LogP contribution in [0.25, 0.3) is 12.2 Å². The zero-order chi connectivity index (χ0) is 24.0. The van der Waals surface area contributed by atoms with Crippen LogP contribution in [0, 0.1) is 6.92 Å². The SMILES string of the molecule is CCOc1ccccc1NS(=O)(=O)c1cc(C=Cc2onc(C)c2NC(C)=O)ccc1OC. The Balaban J connectivity index is 1.95. The number of hydrogen-bond donors (Lipinski definition) is 2. The Bertz CT molecular complexity index is 1280. The predicted octanol–water partition coefficient (Wildman–Crippen LogP) is 4.32. The Morgan fingerprint density at radius 2 is 1.91 bits per heavy atom. The maximum atomic E-state index is 13.2. The van der Waals surface area contributed by atoms with Gasteiger partial charge in [-0.05, 0) is 49.8 Å². The largest absolute Gasteiger partial charge is 0.495 e. The van der Waals surface area contributed by atoms with Crippen molar-refractivity contribution < 1.29 is 27.2 Å². The second-order valence-corrected chi connectivity index (χ2v) is 8.62. The minimum Gasteiger partial charge on any atom is -0.495 e. The highest BCUT2D eigenvalue weighted by Gasteiger charge is 2.22. The molecule has 2 N–H and O–H groups in total. The van der Waals surface area contributed by atoms with E-state index in [4.69, 9.17) is 14.0 Å². The van der Waals surface area contributed by atoms with Gasteiger partial charge in [0.25, 0.3) is 10.0 Å². The number of benzene rings is 2. The number of nitrogens with zero attached hydrogens (tertiary/aromatic N) is 1. The lowest BCUT2D eigenvalue weighted by Gasteiger charge is -2.15. The van der Waals surface area contributed by atoms with Crippen LogP contribution in [0.2, 0.25) is 0 Å². The molecule has 2 aromatic carbocycles. The molecule has 0 aliphatic carbocycles. The molecule has 0 unspecified atom stereocenters. The number of nitrogens with one attached hydrogen (secondary N) is 2. The Labute approximate surface area is 192 Å². The van der Waals surface area contributed by atoms with E-state index in [-0.39, 0.29) is 16.6 Å². The number of methoxy groups -OCH3 is 1.